The molecule has 2 fully saturated rings. The van der Waals surface area contributed by atoms with Crippen LogP contribution in [0.3, 0.4) is 0 Å². The lowest BCUT2D eigenvalue weighted by atomic mass is 9.89. The first kappa shape index (κ1) is 20.1. The molecule has 2 heterocycles. The molecule has 0 spiro atoms. The molecule has 2 aromatic rings. The number of rotatable bonds is 5. The molecule has 6 nitrogen and oxygen atoms in total. The summed E-state index contributed by atoms with van der Waals surface area (Å²) in [6, 6.07) is 20.2. The van der Waals surface area contributed by atoms with Gasteiger partial charge in [-0.25, -0.2) is 0 Å². The zero-order valence-electron chi connectivity index (χ0n) is 17.1. The highest BCUT2D eigenvalue weighted by molar-refractivity contribution is 5.84. The molecule has 3 atom stereocenters. The number of hydrogen-bond donors (Lipinski definition) is 1. The summed E-state index contributed by atoms with van der Waals surface area (Å²) < 4.78 is 0. The first-order valence-corrected chi connectivity index (χ1v) is 10.4. The van der Waals surface area contributed by atoms with Crippen molar-refractivity contribution in [3.63, 3.8) is 0 Å². The van der Waals surface area contributed by atoms with Crippen LogP contribution in [-0.4, -0.2) is 47.8 Å². The number of likely N-dealkylation sites (tertiary alicyclic amines) is 2. The minimum Gasteiger partial charge on any atom is -0.347 e. The average Bonchev–Trinajstić information content (AvgIpc) is 3.30. The van der Waals surface area contributed by atoms with Crippen molar-refractivity contribution >= 4 is 11.8 Å². The lowest BCUT2D eigenvalue weighted by Crippen LogP contribution is -2.41. The maximum Gasteiger partial charge on any atom is 0.242 e. The fourth-order valence-corrected chi connectivity index (χ4v) is 4.84. The van der Waals surface area contributed by atoms with Crippen LogP contribution in [0.1, 0.15) is 29.7 Å². The van der Waals surface area contributed by atoms with E-state index in [4.69, 9.17) is 5.26 Å². The third-order valence-corrected chi connectivity index (χ3v) is 6.18. The fraction of sp³-hybridized carbons (Fsp3) is 0.375. The van der Waals surface area contributed by atoms with Gasteiger partial charge in [-0.2, -0.15) is 5.26 Å². The SMILES string of the molecule is CC(=O)NCC(=O)N1C[C@@H]2CN(Cc3ccc(C#N)cc3)C[C@@H]2[C@H]1c1ccccc1. The van der Waals surface area contributed by atoms with Crippen LogP contribution in [0.2, 0.25) is 0 Å². The van der Waals surface area contributed by atoms with Crippen molar-refractivity contribution in [1.29, 1.82) is 5.26 Å². The molecule has 30 heavy (non-hydrogen) atoms. The van der Waals surface area contributed by atoms with Crippen molar-refractivity contribution in [3.05, 3.63) is 71.3 Å². The van der Waals surface area contributed by atoms with Crippen molar-refractivity contribution in [2.24, 2.45) is 11.8 Å². The van der Waals surface area contributed by atoms with Crippen LogP contribution in [0.15, 0.2) is 54.6 Å². The number of fused-ring (bicyclic) bond motifs is 1. The molecular weight excluding hydrogens is 376 g/mol. The highest BCUT2D eigenvalue weighted by atomic mass is 16.2. The lowest BCUT2D eigenvalue weighted by Gasteiger charge is -2.30. The number of nitrogens with one attached hydrogen (secondary N) is 1. The number of benzene rings is 2. The molecule has 2 aromatic carbocycles. The molecular formula is C24H26N4O2. The van der Waals surface area contributed by atoms with Crippen molar-refractivity contribution < 1.29 is 9.59 Å². The molecule has 6 heteroatoms. The molecule has 0 saturated carbocycles. The van der Waals surface area contributed by atoms with E-state index in [2.05, 4.69) is 28.4 Å². The van der Waals surface area contributed by atoms with Crippen LogP contribution in [0.25, 0.3) is 0 Å². The highest BCUT2D eigenvalue weighted by Gasteiger charge is 2.48. The molecule has 154 valence electrons. The third-order valence-electron chi connectivity index (χ3n) is 6.18. The topological polar surface area (TPSA) is 76.4 Å². The molecule has 4 rings (SSSR count). The van der Waals surface area contributed by atoms with Crippen molar-refractivity contribution in [2.45, 2.75) is 19.5 Å². The Kier molecular flexibility index (Phi) is 5.82. The Labute approximate surface area is 177 Å². The summed E-state index contributed by atoms with van der Waals surface area (Å²) in [7, 11) is 0. The predicted octanol–water partition coefficient (Wildman–Crippen LogP) is 2.33. The zero-order chi connectivity index (χ0) is 21.1. The number of nitriles is 1. The second kappa shape index (κ2) is 8.68. The van der Waals surface area contributed by atoms with E-state index < -0.39 is 0 Å². The van der Waals surface area contributed by atoms with E-state index in [1.165, 1.54) is 12.5 Å². The monoisotopic (exact) mass is 402 g/mol. The van der Waals surface area contributed by atoms with Gasteiger partial charge < -0.3 is 10.2 Å². The second-order valence-corrected chi connectivity index (χ2v) is 8.24. The summed E-state index contributed by atoms with van der Waals surface area (Å²) >= 11 is 0. The molecule has 0 unspecified atom stereocenters. The number of hydrogen-bond acceptors (Lipinski definition) is 4. The van der Waals surface area contributed by atoms with Crippen molar-refractivity contribution in [2.75, 3.05) is 26.2 Å². The predicted molar refractivity (Wildman–Crippen MR) is 113 cm³/mol. The van der Waals surface area contributed by atoms with E-state index in [0.717, 1.165) is 25.2 Å². The zero-order valence-corrected chi connectivity index (χ0v) is 17.1. The Morgan fingerprint density at radius 2 is 1.80 bits per heavy atom. The third kappa shape index (κ3) is 4.22. The summed E-state index contributed by atoms with van der Waals surface area (Å²) in [5, 5.41) is 11.6. The number of amides is 2. The molecule has 0 aromatic heterocycles. The molecule has 2 amide bonds. The van der Waals surface area contributed by atoms with Gasteiger partial charge >= 0.3 is 0 Å². The van der Waals surface area contributed by atoms with Gasteiger partial charge in [0.25, 0.3) is 0 Å². The van der Waals surface area contributed by atoms with Crippen LogP contribution < -0.4 is 5.32 Å². The van der Waals surface area contributed by atoms with Crippen LogP contribution in [-0.2, 0) is 16.1 Å². The quantitative estimate of drug-likeness (QED) is 0.833. The Morgan fingerprint density at radius 1 is 1.07 bits per heavy atom. The Balaban J connectivity index is 1.49. The van der Waals surface area contributed by atoms with Crippen LogP contribution >= 0.6 is 0 Å². The van der Waals surface area contributed by atoms with Gasteiger partial charge in [-0.15, -0.1) is 0 Å². The highest BCUT2D eigenvalue weighted by Crippen LogP contribution is 2.45. The first-order chi connectivity index (χ1) is 14.5. The van der Waals surface area contributed by atoms with Gasteiger partial charge in [-0.1, -0.05) is 42.5 Å². The average molecular weight is 402 g/mol. The normalized spacial score (nSPS) is 23.1. The van der Waals surface area contributed by atoms with Gasteiger partial charge in [0.1, 0.15) is 0 Å². The van der Waals surface area contributed by atoms with Gasteiger partial charge in [0.15, 0.2) is 0 Å². The number of carbonyl (C=O) groups is 2. The van der Waals surface area contributed by atoms with E-state index in [9.17, 15) is 9.59 Å². The second-order valence-electron chi connectivity index (χ2n) is 8.24. The number of nitrogens with zero attached hydrogens (tertiary/aromatic N) is 3. The van der Waals surface area contributed by atoms with Gasteiger partial charge in [0, 0.05) is 39.0 Å². The molecule has 2 aliphatic rings. The molecule has 0 aliphatic carbocycles. The van der Waals surface area contributed by atoms with Gasteiger partial charge in [-0.05, 0) is 29.2 Å². The smallest absolute Gasteiger partial charge is 0.242 e. The Bertz CT molecular complexity index is 951. The standard InChI is InChI=1S/C24H26N4O2/c1-17(29)26-12-23(30)28-15-21-14-27(13-19-9-7-18(11-25)8-10-19)16-22(21)24(28)20-5-3-2-4-6-20/h2-10,21-22,24H,12-16H2,1H3,(H,26,29)/t21-,22-,24+/m0/s1. The molecule has 1 N–H and O–H groups in total. The van der Waals surface area contributed by atoms with Crippen LogP contribution in [0.4, 0.5) is 0 Å². The van der Waals surface area contributed by atoms with E-state index in [0.29, 0.717) is 23.9 Å². The van der Waals surface area contributed by atoms with Gasteiger partial charge in [0.2, 0.25) is 11.8 Å². The maximum absolute atomic E-state index is 12.9. The van der Waals surface area contributed by atoms with Crippen LogP contribution in [0, 0.1) is 23.2 Å². The molecule has 0 bridgehead atoms. The summed E-state index contributed by atoms with van der Waals surface area (Å²) in [5.41, 5.74) is 3.03. The van der Waals surface area contributed by atoms with E-state index >= 15 is 0 Å². The van der Waals surface area contributed by atoms with E-state index in [-0.39, 0.29) is 24.4 Å². The maximum atomic E-state index is 12.9. The van der Waals surface area contributed by atoms with Gasteiger partial charge in [-0.3, -0.25) is 14.5 Å². The van der Waals surface area contributed by atoms with Gasteiger partial charge in [0.05, 0.1) is 24.2 Å². The number of carbonyl (C=O) groups excluding carboxylic acids is 2. The minimum absolute atomic E-state index is 0.0212. The lowest BCUT2D eigenvalue weighted by molar-refractivity contribution is -0.133. The minimum atomic E-state index is -0.187. The summed E-state index contributed by atoms with van der Waals surface area (Å²) in [5.74, 6) is 0.571. The first-order valence-electron chi connectivity index (χ1n) is 10.4. The van der Waals surface area contributed by atoms with Crippen molar-refractivity contribution in [3.8, 4) is 6.07 Å². The molecule has 0 radical (unpaired) electrons. The molecule has 2 saturated heterocycles. The van der Waals surface area contributed by atoms with E-state index in [1.54, 1.807) is 0 Å². The van der Waals surface area contributed by atoms with Crippen molar-refractivity contribution in [1.82, 2.24) is 15.1 Å². The summed E-state index contributed by atoms with van der Waals surface area (Å²) in [6.45, 7) is 4.91. The summed E-state index contributed by atoms with van der Waals surface area (Å²) in [6.07, 6.45) is 0. The fourth-order valence-electron chi connectivity index (χ4n) is 4.84. The Morgan fingerprint density at radius 3 is 2.47 bits per heavy atom. The Hall–Kier alpha value is -3.17. The molecule has 2 aliphatic heterocycles. The largest absolute Gasteiger partial charge is 0.347 e. The van der Waals surface area contributed by atoms with E-state index in [1.807, 2.05) is 47.4 Å². The summed E-state index contributed by atoms with van der Waals surface area (Å²) in [4.78, 5) is 28.5. The van der Waals surface area contributed by atoms with Crippen LogP contribution in [0.5, 0.6) is 0 Å².